The molecule has 1 aromatic carbocycles. The summed E-state index contributed by atoms with van der Waals surface area (Å²) in [5, 5.41) is 5.33. The molecule has 1 heterocycles. The van der Waals surface area contributed by atoms with Crippen LogP contribution in [0.3, 0.4) is 0 Å². The van der Waals surface area contributed by atoms with Gasteiger partial charge >= 0.3 is 0 Å². The lowest BCUT2D eigenvalue weighted by atomic mass is 10.1. The van der Waals surface area contributed by atoms with E-state index in [2.05, 4.69) is 10.3 Å². The van der Waals surface area contributed by atoms with E-state index in [-0.39, 0.29) is 16.7 Å². The second-order valence-corrected chi connectivity index (χ2v) is 8.68. The predicted octanol–water partition coefficient (Wildman–Crippen LogP) is 3.34. The van der Waals surface area contributed by atoms with Gasteiger partial charge in [-0.15, -0.1) is 11.3 Å². The number of anilines is 1. The number of nitrogens with zero attached hydrogens (tertiary/aromatic N) is 1. The quantitative estimate of drug-likeness (QED) is 0.917. The molecule has 0 bridgehead atoms. The van der Waals surface area contributed by atoms with Gasteiger partial charge in [0, 0.05) is 23.1 Å². The molecule has 1 aliphatic carbocycles. The van der Waals surface area contributed by atoms with Gasteiger partial charge in [0.05, 0.1) is 10.6 Å². The van der Waals surface area contributed by atoms with Gasteiger partial charge in [-0.1, -0.05) is 25.0 Å². The maximum atomic E-state index is 12.1. The fraction of sp³-hybridized carbons (Fsp3) is 0.375. The smallest absolute Gasteiger partial charge is 0.229 e. The number of aromatic nitrogens is 1. The number of amides is 1. The number of thiazole rings is 1. The summed E-state index contributed by atoms with van der Waals surface area (Å²) >= 11 is 1.38. The third-order valence-electron chi connectivity index (χ3n) is 4.04. The second kappa shape index (κ2) is 6.41. The van der Waals surface area contributed by atoms with Crippen LogP contribution in [0.1, 0.15) is 25.7 Å². The summed E-state index contributed by atoms with van der Waals surface area (Å²) in [7, 11) is -3.20. The summed E-state index contributed by atoms with van der Waals surface area (Å²) in [4.78, 5) is 16.8. The molecule has 1 aromatic heterocycles. The van der Waals surface area contributed by atoms with Crippen LogP contribution in [0.4, 0.5) is 5.13 Å². The predicted molar refractivity (Wildman–Crippen MR) is 91.2 cm³/mol. The minimum Gasteiger partial charge on any atom is -0.302 e. The second-order valence-electron chi connectivity index (χ2n) is 5.81. The van der Waals surface area contributed by atoms with E-state index in [0.717, 1.165) is 36.9 Å². The molecular formula is C16H18N2O3S2. The van der Waals surface area contributed by atoms with Crippen molar-refractivity contribution in [2.45, 2.75) is 30.6 Å². The van der Waals surface area contributed by atoms with Crippen LogP contribution < -0.4 is 5.32 Å². The summed E-state index contributed by atoms with van der Waals surface area (Å²) in [6.07, 6.45) is 5.33. The largest absolute Gasteiger partial charge is 0.302 e. The highest BCUT2D eigenvalue weighted by Gasteiger charge is 2.23. The number of nitrogens with one attached hydrogen (secondary N) is 1. The highest BCUT2D eigenvalue weighted by Crippen LogP contribution is 2.29. The van der Waals surface area contributed by atoms with Crippen LogP contribution in [0, 0.1) is 5.92 Å². The van der Waals surface area contributed by atoms with Crippen LogP contribution >= 0.6 is 11.3 Å². The van der Waals surface area contributed by atoms with Crippen molar-refractivity contribution in [1.29, 1.82) is 0 Å². The Morgan fingerprint density at radius 2 is 1.87 bits per heavy atom. The Bertz CT molecular complexity index is 804. The van der Waals surface area contributed by atoms with Crippen LogP contribution in [0.15, 0.2) is 34.5 Å². The maximum absolute atomic E-state index is 12.1. The molecule has 0 atom stereocenters. The molecule has 23 heavy (non-hydrogen) atoms. The van der Waals surface area contributed by atoms with E-state index in [1.54, 1.807) is 24.3 Å². The minimum atomic E-state index is -3.20. The van der Waals surface area contributed by atoms with Crippen molar-refractivity contribution in [3.05, 3.63) is 29.6 Å². The Kier molecular flexibility index (Phi) is 4.50. The molecule has 0 saturated heterocycles. The zero-order valence-electron chi connectivity index (χ0n) is 12.8. The van der Waals surface area contributed by atoms with Gasteiger partial charge in [-0.05, 0) is 25.0 Å². The number of hydrogen-bond donors (Lipinski definition) is 1. The molecule has 1 aliphatic rings. The van der Waals surface area contributed by atoms with Gasteiger partial charge in [-0.25, -0.2) is 13.4 Å². The van der Waals surface area contributed by atoms with E-state index < -0.39 is 9.84 Å². The molecule has 0 spiro atoms. The number of carbonyl (C=O) groups excluding carboxylic acids is 1. The van der Waals surface area contributed by atoms with Gasteiger partial charge in [0.2, 0.25) is 5.91 Å². The average molecular weight is 350 g/mol. The Hall–Kier alpha value is -1.73. The lowest BCUT2D eigenvalue weighted by molar-refractivity contribution is -0.119. The molecule has 0 unspecified atom stereocenters. The summed E-state index contributed by atoms with van der Waals surface area (Å²) in [6.45, 7) is 0. The first kappa shape index (κ1) is 16.1. The first-order valence-electron chi connectivity index (χ1n) is 7.50. The number of carbonyl (C=O) groups is 1. The van der Waals surface area contributed by atoms with Crippen molar-refractivity contribution in [3.63, 3.8) is 0 Å². The Labute approximate surface area is 139 Å². The maximum Gasteiger partial charge on any atom is 0.229 e. The number of hydrogen-bond acceptors (Lipinski definition) is 5. The number of rotatable bonds is 4. The van der Waals surface area contributed by atoms with E-state index in [1.807, 2.05) is 5.38 Å². The van der Waals surface area contributed by atoms with Crippen LogP contribution in [0.2, 0.25) is 0 Å². The van der Waals surface area contributed by atoms with Gasteiger partial charge in [0.25, 0.3) is 0 Å². The SMILES string of the molecule is CS(=O)(=O)c1ccc(-c2csc(NC(=O)C3CCCC3)n2)cc1. The topological polar surface area (TPSA) is 76.1 Å². The van der Waals surface area contributed by atoms with Crippen LogP contribution in [-0.2, 0) is 14.6 Å². The molecule has 1 N–H and O–H groups in total. The highest BCUT2D eigenvalue weighted by molar-refractivity contribution is 7.90. The van der Waals surface area contributed by atoms with E-state index in [4.69, 9.17) is 0 Å². The normalized spacial score (nSPS) is 15.7. The molecule has 1 saturated carbocycles. The van der Waals surface area contributed by atoms with Gasteiger partial charge in [-0.3, -0.25) is 4.79 Å². The molecule has 1 amide bonds. The number of sulfone groups is 1. The molecule has 1 fully saturated rings. The van der Waals surface area contributed by atoms with Gasteiger partial charge in [0.1, 0.15) is 0 Å². The number of benzene rings is 1. The Morgan fingerprint density at radius 3 is 2.48 bits per heavy atom. The van der Waals surface area contributed by atoms with E-state index >= 15 is 0 Å². The molecule has 5 nitrogen and oxygen atoms in total. The lowest BCUT2D eigenvalue weighted by Crippen LogP contribution is -2.20. The van der Waals surface area contributed by atoms with Crippen molar-refractivity contribution in [3.8, 4) is 11.3 Å². The van der Waals surface area contributed by atoms with E-state index in [9.17, 15) is 13.2 Å². The van der Waals surface area contributed by atoms with Crippen molar-refractivity contribution in [1.82, 2.24) is 4.98 Å². The van der Waals surface area contributed by atoms with Crippen molar-refractivity contribution in [2.75, 3.05) is 11.6 Å². The fourth-order valence-electron chi connectivity index (χ4n) is 2.73. The highest BCUT2D eigenvalue weighted by atomic mass is 32.2. The van der Waals surface area contributed by atoms with Crippen LogP contribution in [0.25, 0.3) is 11.3 Å². The van der Waals surface area contributed by atoms with Crippen LogP contribution in [-0.4, -0.2) is 25.6 Å². The molecular weight excluding hydrogens is 332 g/mol. The molecule has 7 heteroatoms. The monoisotopic (exact) mass is 350 g/mol. The summed E-state index contributed by atoms with van der Waals surface area (Å²) in [6, 6.07) is 6.60. The molecule has 2 aromatic rings. The lowest BCUT2D eigenvalue weighted by Gasteiger charge is -2.07. The van der Waals surface area contributed by atoms with Gasteiger partial charge < -0.3 is 5.32 Å². The van der Waals surface area contributed by atoms with Crippen molar-refractivity contribution < 1.29 is 13.2 Å². The third kappa shape index (κ3) is 3.79. The Balaban J connectivity index is 1.72. The van der Waals surface area contributed by atoms with Gasteiger partial charge in [0.15, 0.2) is 15.0 Å². The average Bonchev–Trinajstić information content (AvgIpc) is 3.18. The van der Waals surface area contributed by atoms with E-state index in [0.29, 0.717) is 5.13 Å². The third-order valence-corrected chi connectivity index (χ3v) is 5.92. The fourth-order valence-corrected chi connectivity index (χ4v) is 4.09. The summed E-state index contributed by atoms with van der Waals surface area (Å²) < 4.78 is 22.9. The standard InChI is InChI=1S/C16H18N2O3S2/c1-23(20,21)13-8-6-11(7-9-13)14-10-22-16(17-14)18-15(19)12-4-2-3-5-12/h6-10,12H,2-5H2,1H3,(H,17,18,19). The molecule has 0 aliphatic heterocycles. The minimum absolute atomic E-state index is 0.0517. The Morgan fingerprint density at radius 1 is 1.22 bits per heavy atom. The summed E-state index contributed by atoms with van der Waals surface area (Å²) in [5.74, 6) is 0.159. The van der Waals surface area contributed by atoms with Gasteiger partial charge in [-0.2, -0.15) is 0 Å². The van der Waals surface area contributed by atoms with Crippen molar-refractivity contribution >= 4 is 32.2 Å². The summed E-state index contributed by atoms with van der Waals surface area (Å²) in [5.41, 5.74) is 1.56. The van der Waals surface area contributed by atoms with Crippen molar-refractivity contribution in [2.24, 2.45) is 5.92 Å². The first-order chi connectivity index (χ1) is 10.9. The van der Waals surface area contributed by atoms with E-state index in [1.165, 1.54) is 17.6 Å². The molecule has 122 valence electrons. The zero-order valence-corrected chi connectivity index (χ0v) is 14.4. The zero-order chi connectivity index (χ0) is 16.4. The molecule has 3 rings (SSSR count). The van der Waals surface area contributed by atoms with Crippen LogP contribution in [0.5, 0.6) is 0 Å². The molecule has 0 radical (unpaired) electrons. The first-order valence-corrected chi connectivity index (χ1v) is 10.3.